The molecule has 0 bridgehead atoms. The number of hydrogen-bond acceptors (Lipinski definition) is 6. The number of nitrogens with one attached hydrogen (secondary N) is 1. The normalized spacial score (nSPS) is 16.5. The second-order valence-electron chi connectivity index (χ2n) is 7.59. The Balaban J connectivity index is 1.89. The van der Waals surface area contributed by atoms with Crippen molar-refractivity contribution in [2.75, 3.05) is 29.3 Å². The van der Waals surface area contributed by atoms with Crippen LogP contribution in [0.1, 0.15) is 35.7 Å². The molecule has 3 rings (SSSR count). The van der Waals surface area contributed by atoms with Gasteiger partial charge in [0.2, 0.25) is 0 Å². The molecular weight excluding hydrogens is 439 g/mol. The number of carboxylic acid groups (broad SMARTS) is 1. The molecule has 32 heavy (non-hydrogen) atoms. The minimum Gasteiger partial charge on any atom is -0.478 e. The van der Waals surface area contributed by atoms with Crippen LogP contribution in [0.2, 0.25) is 0 Å². The molecule has 2 N–H and O–H groups in total. The molecule has 0 unspecified atom stereocenters. The summed E-state index contributed by atoms with van der Waals surface area (Å²) in [5.41, 5.74) is 0.670. The second-order valence-corrected chi connectivity index (χ2v) is 9.24. The lowest BCUT2D eigenvalue weighted by Gasteiger charge is -2.34. The molecule has 2 aromatic carbocycles. The van der Waals surface area contributed by atoms with E-state index >= 15 is 0 Å². The number of sulfonamides is 1. The first kappa shape index (κ1) is 23.5. The van der Waals surface area contributed by atoms with Gasteiger partial charge >= 0.3 is 11.9 Å². The van der Waals surface area contributed by atoms with E-state index in [1.54, 1.807) is 11.8 Å². The number of carbonyl (C=O) groups is 2. The first-order valence-electron chi connectivity index (χ1n) is 10.2. The third-order valence-corrected chi connectivity index (χ3v) is 6.82. The van der Waals surface area contributed by atoms with Crippen LogP contribution in [0.4, 0.5) is 15.8 Å². The van der Waals surface area contributed by atoms with Crippen LogP contribution in [0, 0.1) is 18.7 Å². The number of aromatic carboxylic acids is 1. The summed E-state index contributed by atoms with van der Waals surface area (Å²) in [6.07, 6.45) is 1.35. The van der Waals surface area contributed by atoms with Crippen molar-refractivity contribution in [1.29, 1.82) is 0 Å². The molecule has 0 radical (unpaired) electrons. The van der Waals surface area contributed by atoms with Crippen LogP contribution in [0.3, 0.4) is 0 Å². The van der Waals surface area contributed by atoms with Gasteiger partial charge in [-0.2, -0.15) is 0 Å². The minimum absolute atomic E-state index is 0.0359. The Hall–Kier alpha value is -3.14. The van der Waals surface area contributed by atoms with Crippen molar-refractivity contribution in [3.05, 3.63) is 53.3 Å². The summed E-state index contributed by atoms with van der Waals surface area (Å²) in [6, 6.07) is 7.60. The SMILES string of the molecule is CCOC(=O)[C@@H]1CCCN(c2ccc(NS(=O)(=O)c3cc(F)ccc3C)cc2C(=O)O)C1. The topological polar surface area (TPSA) is 113 Å². The molecule has 0 spiro atoms. The van der Waals surface area contributed by atoms with Crippen LogP contribution >= 0.6 is 0 Å². The number of piperidine rings is 1. The summed E-state index contributed by atoms with van der Waals surface area (Å²) >= 11 is 0. The maximum absolute atomic E-state index is 13.6. The Morgan fingerprint density at radius 3 is 2.69 bits per heavy atom. The maximum atomic E-state index is 13.6. The smallest absolute Gasteiger partial charge is 0.337 e. The molecule has 0 saturated carbocycles. The lowest BCUT2D eigenvalue weighted by Crippen LogP contribution is -2.40. The maximum Gasteiger partial charge on any atom is 0.337 e. The number of carbonyl (C=O) groups excluding carboxylic acids is 1. The average molecular weight is 465 g/mol. The number of aryl methyl sites for hydroxylation is 1. The first-order chi connectivity index (χ1) is 15.1. The van der Waals surface area contributed by atoms with Gasteiger partial charge in [0.15, 0.2) is 0 Å². The van der Waals surface area contributed by atoms with Crippen LogP contribution in [-0.4, -0.2) is 45.2 Å². The van der Waals surface area contributed by atoms with Crippen molar-refractivity contribution in [3.63, 3.8) is 0 Å². The van der Waals surface area contributed by atoms with E-state index in [1.165, 1.54) is 31.2 Å². The second kappa shape index (κ2) is 9.56. The van der Waals surface area contributed by atoms with Crippen molar-refractivity contribution >= 4 is 33.3 Å². The molecule has 1 aliphatic rings. The number of halogens is 1. The van der Waals surface area contributed by atoms with Crippen molar-refractivity contribution < 1.29 is 32.2 Å². The Morgan fingerprint density at radius 2 is 2.00 bits per heavy atom. The molecule has 1 atom stereocenters. The van der Waals surface area contributed by atoms with Crippen LogP contribution in [0.5, 0.6) is 0 Å². The highest BCUT2D eigenvalue weighted by Crippen LogP contribution is 2.30. The molecule has 0 aromatic heterocycles. The Morgan fingerprint density at radius 1 is 1.25 bits per heavy atom. The molecule has 0 amide bonds. The minimum atomic E-state index is -4.13. The van der Waals surface area contributed by atoms with Crippen molar-refractivity contribution in [1.82, 2.24) is 0 Å². The van der Waals surface area contributed by atoms with E-state index in [2.05, 4.69) is 4.72 Å². The van der Waals surface area contributed by atoms with Gasteiger partial charge in [-0.05, 0) is 62.6 Å². The van der Waals surface area contributed by atoms with Crippen LogP contribution in [0.25, 0.3) is 0 Å². The molecule has 0 aliphatic carbocycles. The third-order valence-electron chi connectivity index (χ3n) is 5.30. The molecule has 172 valence electrons. The Kier molecular flexibility index (Phi) is 7.02. The average Bonchev–Trinajstić information content (AvgIpc) is 2.75. The van der Waals surface area contributed by atoms with E-state index in [-0.39, 0.29) is 34.6 Å². The van der Waals surface area contributed by atoms with Gasteiger partial charge in [0.05, 0.1) is 28.7 Å². The van der Waals surface area contributed by atoms with E-state index in [0.29, 0.717) is 37.2 Å². The predicted molar refractivity (Wildman–Crippen MR) is 117 cm³/mol. The lowest BCUT2D eigenvalue weighted by atomic mass is 9.97. The fourth-order valence-corrected chi connectivity index (χ4v) is 5.08. The Bertz CT molecular complexity index is 1140. The van der Waals surface area contributed by atoms with Gasteiger partial charge < -0.3 is 14.7 Å². The summed E-state index contributed by atoms with van der Waals surface area (Å²) < 4.78 is 46.5. The number of rotatable bonds is 7. The number of carboxylic acids is 1. The molecule has 1 heterocycles. The molecular formula is C22H25FN2O6S. The number of ether oxygens (including phenoxy) is 1. The first-order valence-corrected chi connectivity index (χ1v) is 11.7. The van der Waals surface area contributed by atoms with Crippen molar-refractivity contribution in [3.8, 4) is 0 Å². The number of esters is 1. The molecule has 2 aromatic rings. The fraction of sp³-hybridized carbons (Fsp3) is 0.364. The van der Waals surface area contributed by atoms with Gasteiger partial charge in [0.25, 0.3) is 10.0 Å². The summed E-state index contributed by atoms with van der Waals surface area (Å²) in [5.74, 6) is -2.61. The van der Waals surface area contributed by atoms with Gasteiger partial charge in [-0.1, -0.05) is 6.07 Å². The lowest BCUT2D eigenvalue weighted by molar-refractivity contribution is -0.148. The van der Waals surface area contributed by atoms with Gasteiger partial charge in [0.1, 0.15) is 5.82 Å². The molecule has 1 aliphatic heterocycles. The zero-order valence-electron chi connectivity index (χ0n) is 17.8. The summed E-state index contributed by atoms with van der Waals surface area (Å²) in [4.78, 5) is 25.6. The van der Waals surface area contributed by atoms with Crippen LogP contribution in [0.15, 0.2) is 41.3 Å². The number of hydrogen-bond donors (Lipinski definition) is 2. The fourth-order valence-electron chi connectivity index (χ4n) is 3.77. The highest BCUT2D eigenvalue weighted by atomic mass is 32.2. The van der Waals surface area contributed by atoms with Gasteiger partial charge in [0, 0.05) is 18.8 Å². The number of anilines is 2. The summed E-state index contributed by atoms with van der Waals surface area (Å²) in [5, 5.41) is 9.73. The predicted octanol–water partition coefficient (Wildman–Crippen LogP) is 3.41. The molecule has 10 heteroatoms. The molecule has 1 saturated heterocycles. The van der Waals surface area contributed by atoms with Gasteiger partial charge in [-0.3, -0.25) is 9.52 Å². The number of nitrogens with zero attached hydrogens (tertiary/aromatic N) is 1. The van der Waals surface area contributed by atoms with Gasteiger partial charge in [-0.15, -0.1) is 0 Å². The van der Waals surface area contributed by atoms with Crippen molar-refractivity contribution in [2.24, 2.45) is 5.92 Å². The van der Waals surface area contributed by atoms with E-state index in [9.17, 15) is 27.5 Å². The van der Waals surface area contributed by atoms with E-state index in [0.717, 1.165) is 12.1 Å². The number of benzene rings is 2. The monoisotopic (exact) mass is 464 g/mol. The highest BCUT2D eigenvalue weighted by molar-refractivity contribution is 7.92. The van der Waals surface area contributed by atoms with Gasteiger partial charge in [-0.25, -0.2) is 17.6 Å². The summed E-state index contributed by atoms with van der Waals surface area (Å²) in [7, 11) is -4.13. The van der Waals surface area contributed by atoms with E-state index in [4.69, 9.17) is 4.74 Å². The summed E-state index contributed by atoms with van der Waals surface area (Å²) in [6.45, 7) is 4.41. The zero-order valence-corrected chi connectivity index (χ0v) is 18.6. The Labute approximate surface area is 186 Å². The molecule has 1 fully saturated rings. The quantitative estimate of drug-likeness (QED) is 0.604. The zero-order chi connectivity index (χ0) is 23.5. The standard InChI is InChI=1S/C22H25FN2O6S/c1-3-31-22(28)15-5-4-10-25(13-15)19-9-8-17(12-18(19)21(26)27)24-32(29,30)20-11-16(23)7-6-14(20)2/h6-9,11-12,15,24H,3-5,10,13H2,1-2H3,(H,26,27)/t15-/m1/s1. The third kappa shape index (κ3) is 5.18. The largest absolute Gasteiger partial charge is 0.478 e. The van der Waals surface area contributed by atoms with Crippen LogP contribution in [-0.2, 0) is 19.6 Å². The van der Waals surface area contributed by atoms with E-state index < -0.39 is 21.8 Å². The molecule has 8 nitrogen and oxygen atoms in total. The van der Waals surface area contributed by atoms with E-state index in [1.807, 2.05) is 0 Å². The highest BCUT2D eigenvalue weighted by Gasteiger charge is 2.29. The van der Waals surface area contributed by atoms with Crippen molar-refractivity contribution in [2.45, 2.75) is 31.6 Å². The van der Waals surface area contributed by atoms with Crippen LogP contribution < -0.4 is 9.62 Å².